The lowest BCUT2D eigenvalue weighted by molar-refractivity contribution is -0.682. The van der Waals surface area contributed by atoms with E-state index in [2.05, 4.69) is 9.97 Å². The summed E-state index contributed by atoms with van der Waals surface area (Å²) < 4.78 is 11.9. The van der Waals surface area contributed by atoms with Gasteiger partial charge < -0.3 is 19.8 Å². The Labute approximate surface area is 154 Å². The van der Waals surface area contributed by atoms with E-state index in [-0.39, 0.29) is 11.2 Å². The molecular formula is C19H16N4O4. The SMILES string of the molecule is COc1ccc(-c2ccn3c(n2)c(-c2ccccn2)c(O)[n+]3[O-])c(OC)c1. The van der Waals surface area contributed by atoms with Crippen molar-refractivity contribution < 1.29 is 19.4 Å². The fourth-order valence-corrected chi connectivity index (χ4v) is 2.93. The van der Waals surface area contributed by atoms with Crippen LogP contribution in [0.5, 0.6) is 17.4 Å². The minimum absolute atomic E-state index is 0.264. The zero-order valence-electron chi connectivity index (χ0n) is 14.7. The first-order valence-corrected chi connectivity index (χ1v) is 8.11. The normalized spacial score (nSPS) is 10.9. The lowest BCUT2D eigenvalue weighted by Crippen LogP contribution is -2.32. The smallest absolute Gasteiger partial charge is 0.415 e. The summed E-state index contributed by atoms with van der Waals surface area (Å²) in [5.74, 6) is 0.778. The van der Waals surface area contributed by atoms with Gasteiger partial charge in [-0.1, -0.05) is 10.6 Å². The minimum Gasteiger partial charge on any atom is -0.593 e. The molecule has 3 heterocycles. The topological polar surface area (TPSA) is 95.8 Å². The zero-order chi connectivity index (χ0) is 19.0. The van der Waals surface area contributed by atoms with Crippen LogP contribution < -0.4 is 14.3 Å². The van der Waals surface area contributed by atoms with Gasteiger partial charge in [0.15, 0.2) is 5.56 Å². The highest BCUT2D eigenvalue weighted by Gasteiger charge is 2.26. The molecule has 0 radical (unpaired) electrons. The summed E-state index contributed by atoms with van der Waals surface area (Å²) in [4.78, 5) is 9.19. The second kappa shape index (κ2) is 6.49. The molecule has 0 atom stereocenters. The average Bonchev–Trinajstić information content (AvgIpc) is 2.98. The first-order chi connectivity index (χ1) is 13.1. The van der Waals surface area contributed by atoms with Gasteiger partial charge in [0.05, 0.1) is 31.8 Å². The Morgan fingerprint density at radius 3 is 2.63 bits per heavy atom. The molecule has 8 nitrogen and oxygen atoms in total. The molecule has 136 valence electrons. The first kappa shape index (κ1) is 16.6. The largest absolute Gasteiger partial charge is 0.593 e. The van der Waals surface area contributed by atoms with Gasteiger partial charge >= 0.3 is 5.88 Å². The van der Waals surface area contributed by atoms with Gasteiger partial charge in [-0.25, -0.2) is 4.98 Å². The highest BCUT2D eigenvalue weighted by Crippen LogP contribution is 2.34. The molecule has 0 unspecified atom stereocenters. The number of pyridine rings is 1. The lowest BCUT2D eigenvalue weighted by atomic mass is 10.1. The maximum absolute atomic E-state index is 12.3. The molecule has 0 fully saturated rings. The Kier molecular flexibility index (Phi) is 4.00. The van der Waals surface area contributed by atoms with Crippen molar-refractivity contribution in [2.75, 3.05) is 14.2 Å². The molecule has 3 aromatic heterocycles. The van der Waals surface area contributed by atoms with E-state index in [0.717, 1.165) is 5.56 Å². The van der Waals surface area contributed by atoms with E-state index in [4.69, 9.17) is 9.47 Å². The number of rotatable bonds is 4. The summed E-state index contributed by atoms with van der Waals surface area (Å²) in [5, 5.41) is 22.6. The number of aromatic nitrogens is 4. The van der Waals surface area contributed by atoms with Crippen molar-refractivity contribution in [1.82, 2.24) is 14.5 Å². The third-order valence-electron chi connectivity index (χ3n) is 4.25. The maximum Gasteiger partial charge on any atom is 0.415 e. The van der Waals surface area contributed by atoms with Gasteiger partial charge in [-0.2, -0.15) is 0 Å². The van der Waals surface area contributed by atoms with E-state index in [1.165, 1.54) is 4.52 Å². The number of benzene rings is 1. The van der Waals surface area contributed by atoms with Crippen molar-refractivity contribution >= 4 is 5.65 Å². The molecule has 0 saturated heterocycles. The van der Waals surface area contributed by atoms with Gasteiger partial charge in [0.2, 0.25) is 5.65 Å². The fourth-order valence-electron chi connectivity index (χ4n) is 2.93. The number of aromatic hydroxyl groups is 1. The molecule has 0 aliphatic carbocycles. The van der Waals surface area contributed by atoms with Crippen molar-refractivity contribution in [2.24, 2.45) is 0 Å². The Morgan fingerprint density at radius 1 is 1.07 bits per heavy atom. The molecule has 0 aliphatic rings. The van der Waals surface area contributed by atoms with E-state index in [9.17, 15) is 10.3 Å². The number of hydrogen-bond acceptors (Lipinski definition) is 6. The molecule has 1 aromatic carbocycles. The quantitative estimate of drug-likeness (QED) is 0.441. The van der Waals surface area contributed by atoms with Crippen LogP contribution in [-0.2, 0) is 0 Å². The van der Waals surface area contributed by atoms with E-state index in [1.807, 2.05) is 6.07 Å². The summed E-state index contributed by atoms with van der Waals surface area (Å²) in [6.07, 6.45) is 3.13. The highest BCUT2D eigenvalue weighted by atomic mass is 16.5. The van der Waals surface area contributed by atoms with Crippen molar-refractivity contribution in [1.29, 1.82) is 0 Å². The van der Waals surface area contributed by atoms with Crippen LogP contribution in [0.3, 0.4) is 0 Å². The average molecular weight is 364 g/mol. The van der Waals surface area contributed by atoms with Crippen LogP contribution in [0.2, 0.25) is 0 Å². The third kappa shape index (κ3) is 2.67. The molecule has 8 heteroatoms. The molecule has 0 saturated carbocycles. The molecular weight excluding hydrogens is 348 g/mol. The van der Waals surface area contributed by atoms with Crippen molar-refractivity contribution in [2.45, 2.75) is 0 Å². The second-order valence-electron chi connectivity index (χ2n) is 5.73. The van der Waals surface area contributed by atoms with Gasteiger partial charge in [0, 0.05) is 17.8 Å². The van der Waals surface area contributed by atoms with Gasteiger partial charge in [-0.05, 0) is 35.2 Å². The summed E-state index contributed by atoms with van der Waals surface area (Å²) >= 11 is 0. The van der Waals surface area contributed by atoms with Gasteiger partial charge in [-0.15, -0.1) is 0 Å². The van der Waals surface area contributed by atoms with E-state index < -0.39 is 5.88 Å². The molecule has 27 heavy (non-hydrogen) atoms. The standard InChI is InChI=1S/C19H16N4O4/c1-26-12-6-7-13(16(11-12)27-2)14-8-10-22-18(21-14)17(19(24)23(22)25)15-5-3-4-9-20-15/h3-11,24H,1-2H3. The molecule has 1 N–H and O–H groups in total. The maximum atomic E-state index is 12.3. The van der Waals surface area contributed by atoms with Crippen LogP contribution in [0.1, 0.15) is 0 Å². The number of fused-ring (bicyclic) bond motifs is 1. The van der Waals surface area contributed by atoms with Crippen LogP contribution in [0.15, 0.2) is 54.9 Å². The van der Waals surface area contributed by atoms with Crippen molar-refractivity contribution in [3.05, 3.63) is 60.1 Å². The van der Waals surface area contributed by atoms with E-state index >= 15 is 0 Å². The van der Waals surface area contributed by atoms with Crippen LogP contribution in [0.25, 0.3) is 28.2 Å². The molecule has 4 aromatic rings. The minimum atomic E-state index is -0.458. The second-order valence-corrected chi connectivity index (χ2v) is 5.73. The molecule has 0 spiro atoms. The van der Waals surface area contributed by atoms with Crippen LogP contribution in [0, 0.1) is 5.21 Å². The predicted octanol–water partition coefficient (Wildman–Crippen LogP) is 2.42. The molecule has 0 aliphatic heterocycles. The summed E-state index contributed by atoms with van der Waals surface area (Å²) in [6, 6.07) is 12.3. The zero-order valence-corrected chi connectivity index (χ0v) is 14.7. The molecule has 4 rings (SSSR count). The van der Waals surface area contributed by atoms with Crippen molar-refractivity contribution in [3.8, 4) is 39.9 Å². The summed E-state index contributed by atoms with van der Waals surface area (Å²) in [6.45, 7) is 0. The Balaban J connectivity index is 1.96. The van der Waals surface area contributed by atoms with Gasteiger partial charge in [-0.3, -0.25) is 4.98 Å². The predicted molar refractivity (Wildman–Crippen MR) is 97.6 cm³/mol. The van der Waals surface area contributed by atoms with Gasteiger partial charge in [0.1, 0.15) is 11.5 Å². The number of ether oxygens (including phenoxy) is 2. The van der Waals surface area contributed by atoms with Crippen LogP contribution in [0.4, 0.5) is 0 Å². The number of methoxy groups -OCH3 is 2. The monoisotopic (exact) mass is 364 g/mol. The van der Waals surface area contributed by atoms with Crippen LogP contribution >= 0.6 is 0 Å². The Bertz CT molecular complexity index is 1130. The fraction of sp³-hybridized carbons (Fsp3) is 0.105. The number of hydrogen-bond donors (Lipinski definition) is 1. The highest BCUT2D eigenvalue weighted by molar-refractivity contribution is 5.80. The molecule has 0 amide bonds. The van der Waals surface area contributed by atoms with Crippen LogP contribution in [-0.4, -0.2) is 33.8 Å². The van der Waals surface area contributed by atoms with Crippen molar-refractivity contribution in [3.63, 3.8) is 0 Å². The summed E-state index contributed by atoms with van der Waals surface area (Å²) in [7, 11) is 3.14. The van der Waals surface area contributed by atoms with Gasteiger partial charge in [0.25, 0.3) is 0 Å². The van der Waals surface area contributed by atoms with E-state index in [0.29, 0.717) is 27.7 Å². The molecule has 0 bridgehead atoms. The first-order valence-electron chi connectivity index (χ1n) is 8.11. The summed E-state index contributed by atoms with van der Waals surface area (Å²) in [5.41, 5.74) is 2.31. The Hall–Kier alpha value is -3.81. The lowest BCUT2D eigenvalue weighted by Gasteiger charge is -2.10. The number of nitrogens with zero attached hydrogens (tertiary/aromatic N) is 4. The Morgan fingerprint density at radius 2 is 1.93 bits per heavy atom. The third-order valence-corrected chi connectivity index (χ3v) is 4.25. The van der Waals surface area contributed by atoms with E-state index in [1.54, 1.807) is 63.0 Å².